The van der Waals surface area contributed by atoms with Gasteiger partial charge in [-0.15, -0.1) is 0 Å². The Balaban J connectivity index is 1.59. The molecule has 0 aliphatic carbocycles. The quantitative estimate of drug-likeness (QED) is 0.416. The highest BCUT2D eigenvalue weighted by molar-refractivity contribution is 7.99. The first-order chi connectivity index (χ1) is 15.2. The first-order valence-electron chi connectivity index (χ1n) is 9.61. The number of carbonyl (C=O) groups excluding carboxylic acids is 1. The SMILES string of the molecule is Cc1cc(Sc2ncccn2)ccc1NC(=O)c1ccccc1-c1ccccc1C#N. The highest BCUT2D eigenvalue weighted by Crippen LogP contribution is 2.30. The smallest absolute Gasteiger partial charge is 0.256 e. The Morgan fingerprint density at radius 3 is 2.39 bits per heavy atom. The summed E-state index contributed by atoms with van der Waals surface area (Å²) < 4.78 is 0. The van der Waals surface area contributed by atoms with Crippen molar-refractivity contribution in [3.63, 3.8) is 0 Å². The Hall–Kier alpha value is -3.95. The second kappa shape index (κ2) is 9.24. The molecule has 4 rings (SSSR count). The fourth-order valence-corrected chi connectivity index (χ4v) is 4.01. The fraction of sp³-hybridized carbons (Fsp3) is 0.0400. The standard InChI is InChI=1S/C25H18N4OS/c1-17-15-19(31-25-27-13-6-14-28-25)11-12-23(17)29-24(30)22-10-5-4-9-21(22)20-8-3-2-7-18(20)16-26/h2-15H,1H3,(H,29,30). The van der Waals surface area contributed by atoms with Crippen LogP contribution in [-0.2, 0) is 0 Å². The van der Waals surface area contributed by atoms with Crippen molar-refractivity contribution < 1.29 is 4.79 Å². The summed E-state index contributed by atoms with van der Waals surface area (Å²) in [7, 11) is 0. The Labute approximate surface area is 184 Å². The molecule has 0 saturated heterocycles. The van der Waals surface area contributed by atoms with Crippen molar-refractivity contribution in [1.29, 1.82) is 5.26 Å². The van der Waals surface area contributed by atoms with Crippen LogP contribution in [0.3, 0.4) is 0 Å². The first kappa shape index (κ1) is 20.3. The average molecular weight is 423 g/mol. The van der Waals surface area contributed by atoms with E-state index in [-0.39, 0.29) is 5.91 Å². The number of nitrogens with one attached hydrogen (secondary N) is 1. The van der Waals surface area contributed by atoms with Crippen molar-refractivity contribution in [2.75, 3.05) is 5.32 Å². The predicted octanol–water partition coefficient (Wildman–Crippen LogP) is 5.73. The van der Waals surface area contributed by atoms with Crippen molar-refractivity contribution >= 4 is 23.4 Å². The van der Waals surface area contributed by atoms with Crippen molar-refractivity contribution in [2.45, 2.75) is 17.0 Å². The van der Waals surface area contributed by atoms with E-state index in [4.69, 9.17) is 0 Å². The summed E-state index contributed by atoms with van der Waals surface area (Å²) in [6, 6.07) is 24.4. The third-order valence-corrected chi connectivity index (χ3v) is 5.59. The number of hydrogen-bond donors (Lipinski definition) is 1. The molecule has 4 aromatic rings. The lowest BCUT2D eigenvalue weighted by Gasteiger charge is -2.13. The molecular weight excluding hydrogens is 404 g/mol. The number of anilines is 1. The van der Waals surface area contributed by atoms with Gasteiger partial charge >= 0.3 is 0 Å². The van der Waals surface area contributed by atoms with Crippen LogP contribution in [0, 0.1) is 18.3 Å². The molecule has 1 N–H and O–H groups in total. The molecule has 0 bridgehead atoms. The number of aryl methyl sites for hydroxylation is 1. The van der Waals surface area contributed by atoms with Crippen LogP contribution in [0.1, 0.15) is 21.5 Å². The van der Waals surface area contributed by atoms with Crippen molar-refractivity contribution in [2.24, 2.45) is 0 Å². The number of hydrogen-bond acceptors (Lipinski definition) is 5. The fourth-order valence-electron chi connectivity index (χ4n) is 3.20. The van der Waals surface area contributed by atoms with Gasteiger partial charge in [-0.05, 0) is 66.2 Å². The molecule has 0 fully saturated rings. The van der Waals surface area contributed by atoms with Crippen LogP contribution >= 0.6 is 11.8 Å². The van der Waals surface area contributed by atoms with E-state index in [1.54, 1.807) is 30.6 Å². The lowest BCUT2D eigenvalue weighted by molar-refractivity contribution is 0.102. The number of benzene rings is 3. The zero-order valence-corrected chi connectivity index (χ0v) is 17.6. The molecule has 6 heteroatoms. The van der Waals surface area contributed by atoms with Crippen LogP contribution in [0.5, 0.6) is 0 Å². The maximum atomic E-state index is 13.1. The second-order valence-electron chi connectivity index (χ2n) is 6.77. The van der Waals surface area contributed by atoms with Crippen LogP contribution in [0.4, 0.5) is 5.69 Å². The molecular formula is C25H18N4OS. The highest BCUT2D eigenvalue weighted by Gasteiger charge is 2.16. The first-order valence-corrected chi connectivity index (χ1v) is 10.4. The van der Waals surface area contributed by atoms with E-state index >= 15 is 0 Å². The summed E-state index contributed by atoms with van der Waals surface area (Å²) in [6.45, 7) is 1.95. The maximum Gasteiger partial charge on any atom is 0.256 e. The van der Waals surface area contributed by atoms with Crippen molar-refractivity contribution in [3.05, 3.63) is 102 Å². The summed E-state index contributed by atoms with van der Waals surface area (Å²) in [4.78, 5) is 22.6. The molecule has 0 unspecified atom stereocenters. The topological polar surface area (TPSA) is 78.7 Å². The van der Waals surface area contributed by atoms with E-state index in [2.05, 4.69) is 21.4 Å². The van der Waals surface area contributed by atoms with Crippen LogP contribution in [0.25, 0.3) is 11.1 Å². The van der Waals surface area contributed by atoms with Gasteiger partial charge in [-0.2, -0.15) is 5.26 Å². The zero-order valence-electron chi connectivity index (χ0n) is 16.7. The van der Waals surface area contributed by atoms with Gasteiger partial charge in [0.15, 0.2) is 5.16 Å². The number of carbonyl (C=O) groups is 1. The van der Waals surface area contributed by atoms with Gasteiger partial charge in [0.2, 0.25) is 0 Å². The summed E-state index contributed by atoms with van der Waals surface area (Å²) in [5, 5.41) is 13.1. The molecule has 150 valence electrons. The third-order valence-electron chi connectivity index (χ3n) is 4.71. The molecule has 0 radical (unpaired) electrons. The van der Waals surface area contributed by atoms with Gasteiger partial charge in [0.05, 0.1) is 11.6 Å². The molecule has 0 spiro atoms. The lowest BCUT2D eigenvalue weighted by Crippen LogP contribution is -2.14. The van der Waals surface area contributed by atoms with Gasteiger partial charge in [-0.3, -0.25) is 4.79 Å². The van der Waals surface area contributed by atoms with Crippen molar-refractivity contribution in [3.8, 4) is 17.2 Å². The third kappa shape index (κ3) is 4.63. The monoisotopic (exact) mass is 422 g/mol. The average Bonchev–Trinajstić information content (AvgIpc) is 2.81. The molecule has 0 aliphatic rings. The molecule has 5 nitrogen and oxygen atoms in total. The Kier molecular flexibility index (Phi) is 6.06. The summed E-state index contributed by atoms with van der Waals surface area (Å²) in [6.07, 6.45) is 3.41. The second-order valence-corrected chi connectivity index (χ2v) is 7.81. The van der Waals surface area contributed by atoms with E-state index in [9.17, 15) is 10.1 Å². The molecule has 0 aliphatic heterocycles. The van der Waals surface area contributed by atoms with Crippen LogP contribution in [0.2, 0.25) is 0 Å². The molecule has 0 saturated carbocycles. The van der Waals surface area contributed by atoms with E-state index in [0.29, 0.717) is 16.3 Å². The minimum Gasteiger partial charge on any atom is -0.322 e. The number of amides is 1. The van der Waals surface area contributed by atoms with E-state index in [0.717, 1.165) is 27.3 Å². The lowest BCUT2D eigenvalue weighted by atomic mass is 9.95. The number of rotatable bonds is 5. The molecule has 31 heavy (non-hydrogen) atoms. The predicted molar refractivity (Wildman–Crippen MR) is 122 cm³/mol. The Bertz CT molecular complexity index is 1280. The molecule has 1 aromatic heterocycles. The highest BCUT2D eigenvalue weighted by atomic mass is 32.2. The Morgan fingerprint density at radius 2 is 1.65 bits per heavy atom. The summed E-state index contributed by atoms with van der Waals surface area (Å²) >= 11 is 1.46. The molecule has 0 atom stereocenters. The van der Waals surface area contributed by atoms with Gasteiger partial charge in [0, 0.05) is 34.1 Å². The van der Waals surface area contributed by atoms with E-state index in [1.807, 2.05) is 61.5 Å². The number of aromatic nitrogens is 2. The van der Waals surface area contributed by atoms with Crippen molar-refractivity contribution in [1.82, 2.24) is 9.97 Å². The zero-order chi connectivity index (χ0) is 21.6. The van der Waals surface area contributed by atoms with Gasteiger partial charge in [0.1, 0.15) is 0 Å². The van der Waals surface area contributed by atoms with E-state index in [1.165, 1.54) is 11.8 Å². The largest absolute Gasteiger partial charge is 0.322 e. The Morgan fingerprint density at radius 1 is 0.935 bits per heavy atom. The molecule has 3 aromatic carbocycles. The molecule has 1 amide bonds. The minimum absolute atomic E-state index is 0.224. The van der Waals surface area contributed by atoms with Gasteiger partial charge in [-0.25, -0.2) is 9.97 Å². The molecule has 1 heterocycles. The maximum absolute atomic E-state index is 13.1. The van der Waals surface area contributed by atoms with Gasteiger partial charge < -0.3 is 5.32 Å². The van der Waals surface area contributed by atoms with E-state index < -0.39 is 0 Å². The van der Waals surface area contributed by atoms with Crippen LogP contribution in [0.15, 0.2) is 95.2 Å². The van der Waals surface area contributed by atoms with Gasteiger partial charge in [0.25, 0.3) is 5.91 Å². The summed E-state index contributed by atoms with van der Waals surface area (Å²) in [5.74, 6) is -0.224. The van der Waals surface area contributed by atoms with Crippen LogP contribution < -0.4 is 5.32 Å². The minimum atomic E-state index is -0.224. The number of nitrogens with zero attached hydrogens (tertiary/aromatic N) is 3. The number of nitriles is 1. The van der Waals surface area contributed by atoms with Gasteiger partial charge in [-0.1, -0.05) is 36.4 Å². The summed E-state index contributed by atoms with van der Waals surface area (Å²) in [5.41, 5.74) is 4.17. The van der Waals surface area contributed by atoms with Crippen LogP contribution in [-0.4, -0.2) is 15.9 Å². The normalized spacial score (nSPS) is 10.3.